The van der Waals surface area contributed by atoms with Gasteiger partial charge in [-0.1, -0.05) is 28.1 Å². The maximum atomic E-state index is 13.0. The molecule has 2 aromatic heterocycles. The highest BCUT2D eigenvalue weighted by Gasteiger charge is 2.15. The zero-order valence-electron chi connectivity index (χ0n) is 19.9. The number of methoxy groups -OCH3 is 1. The van der Waals surface area contributed by atoms with Crippen molar-refractivity contribution in [2.45, 2.75) is 6.54 Å². The summed E-state index contributed by atoms with van der Waals surface area (Å²) in [5.41, 5.74) is 1.80. The summed E-state index contributed by atoms with van der Waals surface area (Å²) >= 11 is 3.47. The second kappa shape index (κ2) is 10.4. The Balaban J connectivity index is 1.23. The van der Waals surface area contributed by atoms with Crippen LogP contribution in [0.15, 0.2) is 86.8 Å². The summed E-state index contributed by atoms with van der Waals surface area (Å²) in [5, 5.41) is 14.5. The molecule has 0 unspecified atom stereocenters. The molecule has 188 valence electrons. The smallest absolute Gasteiger partial charge is 0.258 e. The van der Waals surface area contributed by atoms with E-state index in [-0.39, 0.29) is 40.4 Å². The van der Waals surface area contributed by atoms with E-state index in [2.05, 4.69) is 25.8 Å². The number of halogens is 1. The number of nitrogens with one attached hydrogen (secondary N) is 1. The van der Waals surface area contributed by atoms with E-state index in [1.54, 1.807) is 31.4 Å². The highest BCUT2D eigenvalue weighted by Crippen LogP contribution is 2.30. The third-order valence-electron chi connectivity index (χ3n) is 6.01. The number of rotatable bonds is 8. The normalized spacial score (nSPS) is 11.1. The minimum atomic E-state index is -0.377. The number of ether oxygens (including phenoxy) is 2. The number of carbonyl (C=O) groups is 1. The van der Waals surface area contributed by atoms with Gasteiger partial charge in [-0.15, -0.1) is 0 Å². The molecule has 37 heavy (non-hydrogen) atoms. The number of phenolic OH excluding ortho intramolecular Hbond substituents is 1. The van der Waals surface area contributed by atoms with Crippen LogP contribution in [0.2, 0.25) is 0 Å². The lowest BCUT2D eigenvalue weighted by Gasteiger charge is -2.10. The van der Waals surface area contributed by atoms with E-state index in [1.165, 1.54) is 18.4 Å². The molecule has 5 aromatic rings. The third kappa shape index (κ3) is 5.17. The number of hydrogen-bond acceptors (Lipinski definition) is 6. The number of fused-ring (bicyclic) bond motifs is 2. The quantitative estimate of drug-likeness (QED) is 0.273. The molecular formula is C28H23BrN2O6. The van der Waals surface area contributed by atoms with Gasteiger partial charge in [0.15, 0.2) is 6.61 Å². The SMILES string of the molecule is COc1ccc(-c2coc3cc(OCC(=O)NCCn4ccc5cc(Br)ccc54)cc(O)c3c2=O)cc1. The average molecular weight is 563 g/mol. The van der Waals surface area contributed by atoms with E-state index in [0.29, 0.717) is 30.0 Å². The number of carbonyl (C=O) groups excluding carboxylic acids is 1. The van der Waals surface area contributed by atoms with Crippen LogP contribution in [-0.4, -0.2) is 35.8 Å². The number of benzene rings is 3. The number of phenols is 1. The van der Waals surface area contributed by atoms with E-state index in [0.717, 1.165) is 15.4 Å². The van der Waals surface area contributed by atoms with E-state index in [1.807, 2.05) is 30.5 Å². The molecule has 8 nitrogen and oxygen atoms in total. The largest absolute Gasteiger partial charge is 0.507 e. The topological polar surface area (TPSA) is 103 Å². The van der Waals surface area contributed by atoms with Crippen LogP contribution in [0.5, 0.6) is 17.2 Å². The van der Waals surface area contributed by atoms with Crippen LogP contribution in [0.25, 0.3) is 33.0 Å². The summed E-state index contributed by atoms with van der Waals surface area (Å²) in [6.07, 6.45) is 3.32. The van der Waals surface area contributed by atoms with Crippen LogP contribution in [0.1, 0.15) is 0 Å². The van der Waals surface area contributed by atoms with Crippen LogP contribution in [0.3, 0.4) is 0 Å². The van der Waals surface area contributed by atoms with Crippen molar-refractivity contribution in [1.82, 2.24) is 9.88 Å². The van der Waals surface area contributed by atoms with Gasteiger partial charge in [0, 0.05) is 46.8 Å². The molecule has 0 bridgehead atoms. The van der Waals surface area contributed by atoms with Gasteiger partial charge in [0.05, 0.1) is 12.7 Å². The van der Waals surface area contributed by atoms with E-state index >= 15 is 0 Å². The predicted octanol–water partition coefficient (Wildman–Crippen LogP) is 5.09. The van der Waals surface area contributed by atoms with E-state index in [4.69, 9.17) is 13.9 Å². The Labute approximate surface area is 220 Å². The highest BCUT2D eigenvalue weighted by molar-refractivity contribution is 9.10. The molecular weight excluding hydrogens is 540 g/mol. The minimum Gasteiger partial charge on any atom is -0.507 e. The summed E-state index contributed by atoms with van der Waals surface area (Å²) in [7, 11) is 1.56. The molecule has 0 aliphatic rings. The molecule has 0 saturated heterocycles. The fourth-order valence-corrected chi connectivity index (χ4v) is 4.52. The predicted molar refractivity (Wildman–Crippen MR) is 144 cm³/mol. The lowest BCUT2D eigenvalue weighted by molar-refractivity contribution is -0.123. The number of nitrogens with zero attached hydrogens (tertiary/aromatic N) is 1. The first kappa shape index (κ1) is 24.5. The average Bonchev–Trinajstić information content (AvgIpc) is 3.29. The first-order chi connectivity index (χ1) is 17.9. The fourth-order valence-electron chi connectivity index (χ4n) is 4.14. The van der Waals surface area contributed by atoms with Crippen LogP contribution in [-0.2, 0) is 11.3 Å². The fraction of sp³-hybridized carbons (Fsp3) is 0.143. The van der Waals surface area contributed by atoms with Gasteiger partial charge in [0.1, 0.15) is 34.5 Å². The summed E-state index contributed by atoms with van der Waals surface area (Å²) in [4.78, 5) is 25.3. The van der Waals surface area contributed by atoms with Crippen LogP contribution >= 0.6 is 15.9 Å². The van der Waals surface area contributed by atoms with Gasteiger partial charge in [-0.25, -0.2) is 0 Å². The molecule has 0 saturated carbocycles. The van der Waals surface area contributed by atoms with Gasteiger partial charge in [-0.3, -0.25) is 9.59 Å². The lowest BCUT2D eigenvalue weighted by atomic mass is 10.0. The Morgan fingerprint density at radius 1 is 1.08 bits per heavy atom. The van der Waals surface area contributed by atoms with Crippen molar-refractivity contribution in [3.63, 3.8) is 0 Å². The molecule has 0 aliphatic heterocycles. The third-order valence-corrected chi connectivity index (χ3v) is 6.50. The monoisotopic (exact) mass is 562 g/mol. The zero-order chi connectivity index (χ0) is 25.9. The maximum Gasteiger partial charge on any atom is 0.258 e. The Kier molecular flexibility index (Phi) is 6.87. The Hall–Kier alpha value is -4.24. The maximum absolute atomic E-state index is 13.0. The molecule has 5 rings (SSSR count). The molecule has 0 fully saturated rings. The second-order valence-corrected chi connectivity index (χ2v) is 9.29. The number of hydrogen-bond donors (Lipinski definition) is 2. The van der Waals surface area contributed by atoms with Gasteiger partial charge < -0.3 is 28.9 Å². The molecule has 0 radical (unpaired) electrons. The van der Waals surface area contributed by atoms with Crippen molar-refractivity contribution in [3.8, 4) is 28.4 Å². The van der Waals surface area contributed by atoms with Crippen LogP contribution in [0.4, 0.5) is 0 Å². The van der Waals surface area contributed by atoms with Gasteiger partial charge in [-0.05, 0) is 42.0 Å². The summed E-state index contributed by atoms with van der Waals surface area (Å²) < 4.78 is 19.4. The number of aromatic nitrogens is 1. The first-order valence-electron chi connectivity index (χ1n) is 11.5. The minimum absolute atomic E-state index is 0.0381. The van der Waals surface area contributed by atoms with Crippen molar-refractivity contribution in [2.24, 2.45) is 0 Å². The first-order valence-corrected chi connectivity index (χ1v) is 12.3. The van der Waals surface area contributed by atoms with Gasteiger partial charge >= 0.3 is 0 Å². The highest BCUT2D eigenvalue weighted by atomic mass is 79.9. The number of amides is 1. The summed E-state index contributed by atoms with van der Waals surface area (Å²) in [5.74, 6) is 0.273. The van der Waals surface area contributed by atoms with Gasteiger partial charge in [0.2, 0.25) is 5.43 Å². The van der Waals surface area contributed by atoms with Crippen molar-refractivity contribution >= 4 is 43.7 Å². The molecule has 2 N–H and O–H groups in total. The molecule has 1 amide bonds. The Morgan fingerprint density at radius 3 is 2.68 bits per heavy atom. The van der Waals surface area contributed by atoms with Crippen molar-refractivity contribution < 1.29 is 23.8 Å². The Morgan fingerprint density at radius 2 is 1.89 bits per heavy atom. The molecule has 0 aliphatic carbocycles. The Bertz CT molecular complexity index is 1660. The summed E-state index contributed by atoms with van der Waals surface area (Å²) in [6.45, 7) is 0.780. The molecule has 2 heterocycles. The summed E-state index contributed by atoms with van der Waals surface area (Å²) in [6, 6.07) is 17.8. The van der Waals surface area contributed by atoms with Crippen molar-refractivity contribution in [1.29, 1.82) is 0 Å². The van der Waals surface area contributed by atoms with Crippen molar-refractivity contribution in [2.75, 3.05) is 20.3 Å². The molecule has 9 heteroatoms. The van der Waals surface area contributed by atoms with Crippen LogP contribution in [0, 0.1) is 0 Å². The van der Waals surface area contributed by atoms with Gasteiger partial charge in [0.25, 0.3) is 5.91 Å². The van der Waals surface area contributed by atoms with E-state index < -0.39 is 0 Å². The number of aromatic hydroxyl groups is 1. The lowest BCUT2D eigenvalue weighted by Crippen LogP contribution is -2.31. The van der Waals surface area contributed by atoms with Crippen molar-refractivity contribution in [3.05, 3.63) is 87.8 Å². The second-order valence-electron chi connectivity index (χ2n) is 8.37. The zero-order valence-corrected chi connectivity index (χ0v) is 21.4. The van der Waals surface area contributed by atoms with E-state index in [9.17, 15) is 14.7 Å². The van der Waals surface area contributed by atoms with Gasteiger partial charge in [-0.2, -0.15) is 0 Å². The molecule has 3 aromatic carbocycles. The van der Waals surface area contributed by atoms with Crippen LogP contribution < -0.4 is 20.2 Å². The molecule has 0 spiro atoms. The standard InChI is InChI=1S/C28H23BrN2O6/c1-35-20-5-2-17(3-6-20)22-15-37-25-14-21(13-24(32)27(25)28(22)34)36-16-26(33)30-9-11-31-10-8-18-12-19(29)4-7-23(18)31/h2-8,10,12-15,32H,9,11,16H2,1H3,(H,30,33). The molecule has 0 atom stereocenters.